The molecule has 3 N–H and O–H groups in total. The van der Waals surface area contributed by atoms with Crippen molar-refractivity contribution in [1.29, 1.82) is 0 Å². The number of methoxy groups -OCH3 is 1. The van der Waals surface area contributed by atoms with E-state index in [1.807, 2.05) is 57.7 Å². The number of cyclic esters (lactones) is 1. The zero-order valence-electron chi connectivity index (χ0n) is 48.4. The molecular formula is C60H82F3N11O8. The molecule has 1 aliphatic carbocycles. The minimum Gasteiger partial charge on any atom is -0.464 e. The maximum atomic E-state index is 15.3. The lowest BCUT2D eigenvalue weighted by atomic mass is 9.84. The number of alkyl halides is 3. The van der Waals surface area contributed by atoms with Gasteiger partial charge in [-0.05, 0) is 92.2 Å². The smallest absolute Gasteiger partial charge is 0.406 e. The van der Waals surface area contributed by atoms with Crippen molar-refractivity contribution in [2.24, 2.45) is 17.3 Å². The number of hydrazine groups is 1. The number of likely N-dealkylation sites (tertiary alicyclic amines) is 1. The molecule has 446 valence electrons. The standard InChI is InChI=1S/C60H82F3N11O8/c1-36(2)52(71-20-22-82-59(31-71)32-72(33-59)56(77)51-50(66-51)38-11-12-38)54(75)65-47-29-68-15-7-9-40(27-68)39-13-14-48-43(23-39)45(25-58(4,5)35-81-57(78)46-10-8-16-74(67-46)55(47)76)53(73(48)34-60(61,62)63)44-24-41(26-64-49(44)37(3)79-6)70-18-17-69-19-21-80-30-42(69)28-70/h9,13-14,23-24,26,36-38,42,46-47,50-52,66-67H,7-8,10-12,15-22,25,27-35H2,1-6H3,(H,65,75)/t37-,42-,46-,47-,50?,51+,52?/m0/s1. The van der Waals surface area contributed by atoms with Crippen LogP contribution in [0.3, 0.4) is 0 Å². The fourth-order valence-electron chi connectivity index (χ4n) is 14.2. The van der Waals surface area contributed by atoms with Gasteiger partial charge in [0.05, 0.1) is 81.0 Å². The number of anilines is 1. The maximum absolute atomic E-state index is 15.3. The molecule has 19 nitrogen and oxygen atoms in total. The number of ether oxygens (including phenoxy) is 4. The predicted octanol–water partition coefficient (Wildman–Crippen LogP) is 4.38. The minimum atomic E-state index is -4.60. The highest BCUT2D eigenvalue weighted by atomic mass is 19.4. The van der Waals surface area contributed by atoms with Gasteiger partial charge in [-0.25, -0.2) is 5.43 Å². The highest BCUT2D eigenvalue weighted by Crippen LogP contribution is 2.45. The van der Waals surface area contributed by atoms with Gasteiger partial charge in [-0.1, -0.05) is 39.8 Å². The van der Waals surface area contributed by atoms with Crippen molar-refractivity contribution in [2.45, 2.75) is 134 Å². The lowest BCUT2D eigenvalue weighted by molar-refractivity contribution is -0.197. The van der Waals surface area contributed by atoms with Crippen molar-refractivity contribution >= 4 is 45.9 Å². The molecule has 3 unspecified atom stereocenters. The molecule has 1 aromatic carbocycles. The lowest BCUT2D eigenvalue weighted by Gasteiger charge is -2.55. The number of hydrogen-bond donors (Lipinski definition) is 3. The first kappa shape index (κ1) is 57.2. The zero-order valence-corrected chi connectivity index (χ0v) is 48.4. The summed E-state index contributed by atoms with van der Waals surface area (Å²) in [5.41, 5.74) is 6.87. The number of rotatable bonds is 11. The van der Waals surface area contributed by atoms with Crippen molar-refractivity contribution < 1.29 is 51.3 Å². The van der Waals surface area contributed by atoms with E-state index < -0.39 is 53.9 Å². The number of halogens is 3. The molecule has 3 aromatic rings. The number of pyridine rings is 1. The SMILES string of the molecule is CO[C@@H](C)c1ncc(N2CCN3CCOC[C@@H]3C2)cc1-c1c2c3cc(ccc3n1CC(F)(F)F)C1=CCCN(C1)C[C@H](NC(=O)C(C(C)C)N1CCOC3(CN(C(=O)[C@@H]4NC4C4CC4)C3)C1)C(=O)N1CCC[C@H](N1)C(=O)OCC(C)(C)C2. The van der Waals surface area contributed by atoms with E-state index >= 15 is 18.0 Å². The topological polar surface area (TPSA) is 188 Å². The second-order valence-electron chi connectivity index (χ2n) is 25.9. The van der Waals surface area contributed by atoms with Gasteiger partial charge in [-0.3, -0.25) is 49.2 Å². The Bertz CT molecular complexity index is 2960. The summed E-state index contributed by atoms with van der Waals surface area (Å²) in [6.45, 7) is 16.5. The number of esters is 1. The molecule has 12 rings (SSSR count). The van der Waals surface area contributed by atoms with E-state index in [-0.39, 0.29) is 61.3 Å². The first-order valence-corrected chi connectivity index (χ1v) is 30.0. The zero-order chi connectivity index (χ0) is 57.4. The third-order valence-corrected chi connectivity index (χ3v) is 18.7. The molecular weight excluding hydrogens is 1060 g/mol. The van der Waals surface area contributed by atoms with Gasteiger partial charge in [0.25, 0.3) is 5.91 Å². The molecule has 1 spiro atoms. The highest BCUT2D eigenvalue weighted by Gasteiger charge is 2.57. The highest BCUT2D eigenvalue weighted by molar-refractivity contribution is 5.95. The lowest BCUT2D eigenvalue weighted by Crippen LogP contribution is -2.73. The van der Waals surface area contributed by atoms with Gasteiger partial charge < -0.3 is 38.6 Å². The van der Waals surface area contributed by atoms with Crippen molar-refractivity contribution in [2.75, 3.05) is 117 Å². The van der Waals surface area contributed by atoms with Crippen molar-refractivity contribution in [3.05, 3.63) is 53.4 Å². The molecule has 9 aliphatic rings. The van der Waals surface area contributed by atoms with E-state index in [4.69, 9.17) is 23.9 Å². The summed E-state index contributed by atoms with van der Waals surface area (Å²) in [4.78, 5) is 73.5. The number of fused-ring (bicyclic) bond motifs is 7. The number of benzene rings is 1. The molecule has 7 fully saturated rings. The molecule has 1 saturated carbocycles. The second-order valence-corrected chi connectivity index (χ2v) is 25.9. The van der Waals surface area contributed by atoms with Crippen LogP contribution in [0.25, 0.3) is 27.7 Å². The Kier molecular flexibility index (Phi) is 15.8. The first-order valence-electron chi connectivity index (χ1n) is 30.0. The van der Waals surface area contributed by atoms with Crippen molar-refractivity contribution in [3.8, 4) is 11.3 Å². The van der Waals surface area contributed by atoms with Gasteiger partial charge in [-0.2, -0.15) is 13.2 Å². The predicted molar refractivity (Wildman–Crippen MR) is 301 cm³/mol. The molecule has 8 atom stereocenters. The first-order chi connectivity index (χ1) is 39.2. The molecule has 3 amide bonds. The minimum absolute atomic E-state index is 0.0679. The number of nitrogens with zero attached hydrogens (tertiary/aromatic N) is 8. The molecule has 6 bridgehead atoms. The van der Waals surface area contributed by atoms with Crippen LogP contribution in [0.15, 0.2) is 36.5 Å². The average Bonchev–Trinajstić information content (AvgIpc) is 4.58. The molecule has 8 aliphatic heterocycles. The molecule has 22 heteroatoms. The molecule has 6 saturated heterocycles. The summed E-state index contributed by atoms with van der Waals surface area (Å²) in [5.74, 6) is -0.639. The third-order valence-electron chi connectivity index (χ3n) is 18.7. The summed E-state index contributed by atoms with van der Waals surface area (Å²) in [5, 5.41) is 8.71. The maximum Gasteiger partial charge on any atom is 0.406 e. The largest absolute Gasteiger partial charge is 0.464 e. The fourth-order valence-corrected chi connectivity index (χ4v) is 14.2. The van der Waals surface area contributed by atoms with Gasteiger partial charge >= 0.3 is 12.1 Å². The van der Waals surface area contributed by atoms with Gasteiger partial charge in [0.1, 0.15) is 30.3 Å². The van der Waals surface area contributed by atoms with Gasteiger partial charge in [0, 0.05) is 100 Å². The Morgan fingerprint density at radius 1 is 0.976 bits per heavy atom. The van der Waals surface area contributed by atoms with Crippen LogP contribution in [0, 0.1) is 17.3 Å². The van der Waals surface area contributed by atoms with Crippen LogP contribution < -0.4 is 21.0 Å². The van der Waals surface area contributed by atoms with Crippen LogP contribution in [-0.2, 0) is 51.1 Å². The van der Waals surface area contributed by atoms with E-state index in [1.165, 1.54) is 22.4 Å². The summed E-state index contributed by atoms with van der Waals surface area (Å²) in [7, 11) is 1.57. The van der Waals surface area contributed by atoms with Gasteiger partial charge in [0.15, 0.2) is 0 Å². The van der Waals surface area contributed by atoms with Crippen LogP contribution in [0.1, 0.15) is 89.6 Å². The monoisotopic (exact) mass is 1140 g/mol. The third kappa shape index (κ3) is 11.8. The molecule has 10 heterocycles. The van der Waals surface area contributed by atoms with Crippen molar-refractivity contribution in [1.82, 2.24) is 50.2 Å². The molecule has 2 aromatic heterocycles. The normalized spacial score (nSPS) is 28.9. The van der Waals surface area contributed by atoms with Crippen molar-refractivity contribution in [3.63, 3.8) is 0 Å². The number of amides is 3. The molecule has 82 heavy (non-hydrogen) atoms. The number of carbonyl (C=O) groups is 4. The number of morpholine rings is 2. The van der Waals surface area contributed by atoms with E-state index in [9.17, 15) is 14.4 Å². The van der Waals surface area contributed by atoms with E-state index in [1.54, 1.807) is 19.4 Å². The number of aromatic nitrogens is 2. The van der Waals surface area contributed by atoms with Gasteiger partial charge in [0.2, 0.25) is 11.8 Å². The van der Waals surface area contributed by atoms with E-state index in [2.05, 4.69) is 41.7 Å². The Morgan fingerprint density at radius 3 is 2.56 bits per heavy atom. The molecule has 0 radical (unpaired) electrons. The number of piperazine rings is 1. The Morgan fingerprint density at radius 2 is 1.79 bits per heavy atom. The Labute approximate surface area is 478 Å². The summed E-state index contributed by atoms with van der Waals surface area (Å²) >= 11 is 0. The summed E-state index contributed by atoms with van der Waals surface area (Å²) in [6.07, 6.45) is 2.88. The van der Waals surface area contributed by atoms with Crippen LogP contribution in [-0.4, -0.2) is 218 Å². The van der Waals surface area contributed by atoms with E-state index in [0.717, 1.165) is 29.9 Å². The second kappa shape index (κ2) is 22.7. The van der Waals surface area contributed by atoms with Crippen LogP contribution in [0.2, 0.25) is 0 Å². The van der Waals surface area contributed by atoms with Crippen LogP contribution >= 0.6 is 0 Å². The quantitative estimate of drug-likeness (QED) is 0.181. The Hall–Kier alpha value is -5.20. The van der Waals surface area contributed by atoms with Crippen LogP contribution in [0.5, 0.6) is 0 Å². The number of hydrogen-bond acceptors (Lipinski definition) is 15. The Balaban J connectivity index is 0.874. The van der Waals surface area contributed by atoms with E-state index in [0.29, 0.717) is 137 Å². The summed E-state index contributed by atoms with van der Waals surface area (Å²) in [6, 6.07) is 5.48. The summed E-state index contributed by atoms with van der Waals surface area (Å²) < 4.78 is 71.5. The fraction of sp³-hybridized carbons (Fsp3) is 0.683. The number of nitrogens with one attached hydrogen (secondary N) is 3. The number of carbonyl (C=O) groups excluding carboxylic acids is 4. The average molecular weight is 1140 g/mol. The van der Waals surface area contributed by atoms with Gasteiger partial charge in [-0.15, -0.1) is 0 Å². The van der Waals surface area contributed by atoms with Crippen LogP contribution in [0.4, 0.5) is 18.9 Å².